The Morgan fingerprint density at radius 2 is 2.07 bits per heavy atom. The van der Waals surface area contributed by atoms with Crippen molar-refractivity contribution in [3.8, 4) is 11.4 Å². The molecule has 0 radical (unpaired) electrons. The maximum Gasteiger partial charge on any atom is 0.249 e. The predicted molar refractivity (Wildman–Crippen MR) is 107 cm³/mol. The quantitative estimate of drug-likeness (QED) is 0.655. The van der Waals surface area contributed by atoms with E-state index in [2.05, 4.69) is 25.4 Å². The molecule has 1 aliphatic carbocycles. The van der Waals surface area contributed by atoms with Crippen LogP contribution in [0.15, 0.2) is 35.0 Å². The summed E-state index contributed by atoms with van der Waals surface area (Å²) >= 11 is 5.91. The van der Waals surface area contributed by atoms with Crippen molar-refractivity contribution in [2.75, 3.05) is 10.2 Å². The van der Waals surface area contributed by atoms with Crippen LogP contribution in [-0.2, 0) is 4.79 Å². The lowest BCUT2D eigenvalue weighted by Crippen LogP contribution is -2.38. The zero-order valence-electron chi connectivity index (χ0n) is 16.0. The second-order valence-corrected chi connectivity index (χ2v) is 8.00. The molecule has 8 nitrogen and oxygen atoms in total. The summed E-state index contributed by atoms with van der Waals surface area (Å²) in [6.45, 7) is 1.80. The number of halogens is 2. The monoisotopic (exact) mass is 428 g/mol. The van der Waals surface area contributed by atoms with E-state index in [1.54, 1.807) is 31.2 Å². The van der Waals surface area contributed by atoms with E-state index in [0.717, 1.165) is 31.0 Å². The largest absolute Gasteiger partial charge is 0.343 e. The van der Waals surface area contributed by atoms with E-state index in [0.29, 0.717) is 16.7 Å². The lowest BCUT2D eigenvalue weighted by molar-refractivity contribution is -0.121. The van der Waals surface area contributed by atoms with Crippen LogP contribution < -0.4 is 10.2 Å². The van der Waals surface area contributed by atoms with Crippen LogP contribution in [-0.4, -0.2) is 32.1 Å². The summed E-state index contributed by atoms with van der Waals surface area (Å²) < 4.78 is 19.7. The smallest absolute Gasteiger partial charge is 0.249 e. The van der Waals surface area contributed by atoms with Crippen molar-refractivity contribution in [1.82, 2.24) is 20.1 Å². The fourth-order valence-corrected chi connectivity index (χ4v) is 4.18. The molecule has 1 saturated heterocycles. The average Bonchev–Trinajstić information content (AvgIpc) is 3.46. The molecule has 2 fully saturated rings. The molecule has 1 saturated carbocycles. The van der Waals surface area contributed by atoms with Crippen LogP contribution in [0.1, 0.15) is 38.1 Å². The minimum absolute atomic E-state index is 0.00930. The Bertz CT molecular complexity index is 1100. The van der Waals surface area contributed by atoms with Gasteiger partial charge in [-0.3, -0.25) is 9.69 Å². The zero-order chi connectivity index (χ0) is 20.8. The topological polar surface area (TPSA) is 97.0 Å². The van der Waals surface area contributed by atoms with Gasteiger partial charge in [0.1, 0.15) is 6.04 Å². The number of amides is 1. The van der Waals surface area contributed by atoms with Crippen LogP contribution >= 0.6 is 11.6 Å². The highest BCUT2D eigenvalue weighted by Gasteiger charge is 2.46. The molecular formula is C20H18ClFN6O2. The standard InChI is InChI=1S/C20H18ClFN6O2/c1-10(18-25-16(27-30-18)11-2-5-13(21)6-3-11)24-20-23-9-15(22)17(26-20)28-14-7-4-12(8-14)19(28)29/h2-3,5-6,9-10,12,14H,4,7-8H2,1H3,(H,23,24,26)/t10-,12+,14-/m0/s1. The Balaban J connectivity index is 1.35. The van der Waals surface area contributed by atoms with Gasteiger partial charge in [0.15, 0.2) is 11.6 Å². The van der Waals surface area contributed by atoms with Crippen molar-refractivity contribution in [2.24, 2.45) is 5.92 Å². The Labute approximate surface area is 176 Å². The van der Waals surface area contributed by atoms with E-state index in [1.165, 1.54) is 4.90 Å². The van der Waals surface area contributed by atoms with Crippen molar-refractivity contribution in [3.05, 3.63) is 47.2 Å². The Hall–Kier alpha value is -3.07. The summed E-state index contributed by atoms with van der Waals surface area (Å²) in [6, 6.07) is 6.66. The van der Waals surface area contributed by atoms with Crippen LogP contribution in [0.4, 0.5) is 16.2 Å². The molecule has 3 heterocycles. The van der Waals surface area contributed by atoms with Gasteiger partial charge in [0.25, 0.3) is 0 Å². The first-order valence-electron chi connectivity index (χ1n) is 9.71. The van der Waals surface area contributed by atoms with Crippen LogP contribution in [0.2, 0.25) is 5.02 Å². The van der Waals surface area contributed by atoms with Gasteiger partial charge < -0.3 is 9.84 Å². The molecule has 2 aliphatic rings. The van der Waals surface area contributed by atoms with Gasteiger partial charge >= 0.3 is 0 Å². The second-order valence-electron chi connectivity index (χ2n) is 7.57. The molecule has 0 spiro atoms. The molecule has 10 heteroatoms. The molecule has 3 aromatic rings. The molecule has 1 aromatic carbocycles. The highest BCUT2D eigenvalue weighted by Crippen LogP contribution is 2.41. The van der Waals surface area contributed by atoms with Gasteiger partial charge in [-0.25, -0.2) is 9.37 Å². The highest BCUT2D eigenvalue weighted by atomic mass is 35.5. The van der Waals surface area contributed by atoms with E-state index >= 15 is 0 Å². The van der Waals surface area contributed by atoms with Gasteiger partial charge in [0, 0.05) is 22.5 Å². The van der Waals surface area contributed by atoms with Crippen LogP contribution in [0, 0.1) is 11.7 Å². The van der Waals surface area contributed by atoms with Crippen molar-refractivity contribution in [2.45, 2.75) is 38.3 Å². The van der Waals surface area contributed by atoms with E-state index in [9.17, 15) is 9.18 Å². The maximum atomic E-state index is 14.4. The third kappa shape index (κ3) is 3.28. The molecule has 3 atom stereocenters. The second kappa shape index (κ2) is 7.32. The third-order valence-corrected chi connectivity index (χ3v) is 5.82. The highest BCUT2D eigenvalue weighted by molar-refractivity contribution is 6.30. The van der Waals surface area contributed by atoms with Crippen LogP contribution in [0.3, 0.4) is 0 Å². The van der Waals surface area contributed by atoms with Gasteiger partial charge in [-0.1, -0.05) is 16.8 Å². The van der Waals surface area contributed by atoms with Gasteiger partial charge in [-0.2, -0.15) is 9.97 Å². The Kier molecular flexibility index (Phi) is 4.62. The first kappa shape index (κ1) is 18.9. The predicted octanol–water partition coefficient (Wildman–Crippen LogP) is 4.01. The minimum Gasteiger partial charge on any atom is -0.343 e. The first-order chi connectivity index (χ1) is 14.5. The SMILES string of the molecule is C[C@H](Nc1ncc(F)c(N2C(=O)[C@@H]3CC[C@H]2C3)n1)c1nc(-c2ccc(Cl)cc2)no1. The number of aromatic nitrogens is 4. The number of carbonyl (C=O) groups excluding carboxylic acids is 1. The van der Waals surface area contributed by atoms with E-state index in [-0.39, 0.29) is 29.6 Å². The number of hydrogen-bond acceptors (Lipinski definition) is 7. The maximum absolute atomic E-state index is 14.4. The molecule has 5 rings (SSSR count). The van der Waals surface area contributed by atoms with E-state index in [4.69, 9.17) is 16.1 Å². The summed E-state index contributed by atoms with van der Waals surface area (Å²) in [7, 11) is 0. The minimum atomic E-state index is -0.614. The number of rotatable bonds is 5. The fourth-order valence-electron chi connectivity index (χ4n) is 4.05. The molecule has 1 N–H and O–H groups in total. The number of anilines is 2. The van der Waals surface area contributed by atoms with E-state index < -0.39 is 11.9 Å². The number of nitrogens with one attached hydrogen (secondary N) is 1. The lowest BCUT2D eigenvalue weighted by Gasteiger charge is -2.26. The van der Waals surface area contributed by atoms with Crippen molar-refractivity contribution in [1.29, 1.82) is 0 Å². The lowest BCUT2D eigenvalue weighted by atomic mass is 10.1. The summed E-state index contributed by atoms with van der Waals surface area (Å²) in [5.74, 6) is 0.249. The normalized spacial score (nSPS) is 21.3. The first-order valence-corrected chi connectivity index (χ1v) is 10.1. The number of nitrogens with zero attached hydrogens (tertiary/aromatic N) is 5. The summed E-state index contributed by atoms with van der Waals surface area (Å²) in [4.78, 5) is 26.6. The molecule has 2 bridgehead atoms. The summed E-state index contributed by atoms with van der Waals surface area (Å²) in [6.07, 6.45) is 3.57. The third-order valence-electron chi connectivity index (χ3n) is 5.57. The van der Waals surface area contributed by atoms with Gasteiger partial charge in [0.05, 0.1) is 6.20 Å². The Morgan fingerprint density at radius 3 is 2.80 bits per heavy atom. The summed E-state index contributed by atoms with van der Waals surface area (Å²) in [5, 5.41) is 7.64. The fraction of sp³-hybridized carbons (Fsp3) is 0.350. The van der Waals surface area contributed by atoms with E-state index in [1.807, 2.05) is 0 Å². The zero-order valence-corrected chi connectivity index (χ0v) is 16.8. The van der Waals surface area contributed by atoms with Crippen LogP contribution in [0.25, 0.3) is 11.4 Å². The molecule has 1 amide bonds. The van der Waals surface area contributed by atoms with Gasteiger partial charge in [0.2, 0.25) is 23.6 Å². The number of fused-ring (bicyclic) bond motifs is 2. The van der Waals surface area contributed by atoms with Crippen molar-refractivity contribution < 1.29 is 13.7 Å². The van der Waals surface area contributed by atoms with Crippen molar-refractivity contribution in [3.63, 3.8) is 0 Å². The molecular weight excluding hydrogens is 411 g/mol. The molecule has 1 aliphatic heterocycles. The van der Waals surface area contributed by atoms with Gasteiger partial charge in [-0.05, 0) is 50.5 Å². The number of hydrogen-bond donors (Lipinski definition) is 1. The molecule has 0 unspecified atom stereocenters. The number of benzene rings is 1. The number of piperidine rings is 1. The average molecular weight is 429 g/mol. The van der Waals surface area contributed by atoms with Crippen LogP contribution in [0.5, 0.6) is 0 Å². The Morgan fingerprint density at radius 1 is 1.27 bits per heavy atom. The molecule has 30 heavy (non-hydrogen) atoms. The van der Waals surface area contributed by atoms with Crippen molar-refractivity contribution >= 4 is 29.3 Å². The van der Waals surface area contributed by atoms with Gasteiger partial charge in [-0.15, -0.1) is 0 Å². The molecule has 2 aromatic heterocycles. The summed E-state index contributed by atoms with van der Waals surface area (Å²) in [5.41, 5.74) is 0.768. The molecule has 154 valence electrons. The number of carbonyl (C=O) groups is 1.